The van der Waals surface area contributed by atoms with E-state index in [1.165, 1.54) is 16.8 Å². The summed E-state index contributed by atoms with van der Waals surface area (Å²) in [6.45, 7) is 2.02. The van der Waals surface area contributed by atoms with Gasteiger partial charge in [-0.3, -0.25) is 9.69 Å². The van der Waals surface area contributed by atoms with Crippen LogP contribution in [0.3, 0.4) is 0 Å². The van der Waals surface area contributed by atoms with Gasteiger partial charge in [0.2, 0.25) is 5.91 Å². The number of benzene rings is 2. The molecule has 0 atom stereocenters. The first kappa shape index (κ1) is 23.7. The molecule has 1 aliphatic rings. The van der Waals surface area contributed by atoms with Gasteiger partial charge in [0.25, 0.3) is 0 Å². The van der Waals surface area contributed by atoms with Crippen LogP contribution in [0, 0.1) is 0 Å². The molecule has 2 heterocycles. The van der Waals surface area contributed by atoms with Gasteiger partial charge in [0, 0.05) is 32.1 Å². The van der Waals surface area contributed by atoms with E-state index in [2.05, 4.69) is 21.3 Å². The first-order valence-corrected chi connectivity index (χ1v) is 12.2. The van der Waals surface area contributed by atoms with E-state index in [1.807, 2.05) is 18.2 Å². The van der Waals surface area contributed by atoms with Gasteiger partial charge < -0.3 is 5.32 Å². The number of nitrogens with zero attached hydrogens (tertiary/aromatic N) is 2. The Bertz CT molecular complexity index is 1040. The lowest BCUT2D eigenvalue weighted by molar-refractivity contribution is -0.137. The molecule has 1 aliphatic heterocycles. The predicted molar refractivity (Wildman–Crippen MR) is 125 cm³/mol. The number of rotatable bonds is 8. The van der Waals surface area contributed by atoms with E-state index < -0.39 is 11.7 Å². The summed E-state index contributed by atoms with van der Waals surface area (Å²) in [5, 5.41) is 4.24. The Morgan fingerprint density at radius 1 is 1.09 bits per heavy atom. The Morgan fingerprint density at radius 2 is 1.88 bits per heavy atom. The summed E-state index contributed by atoms with van der Waals surface area (Å²) < 4.78 is 39.9. The largest absolute Gasteiger partial charge is 0.416 e. The van der Waals surface area contributed by atoms with Gasteiger partial charge in [-0.1, -0.05) is 30.3 Å². The highest BCUT2D eigenvalue weighted by molar-refractivity contribution is 7.18. The summed E-state index contributed by atoms with van der Waals surface area (Å²) in [5.74, 6) is 0.0793. The fraction of sp³-hybridized carbons (Fsp3) is 0.440. The fourth-order valence-electron chi connectivity index (χ4n) is 4.23. The van der Waals surface area contributed by atoms with Crippen LogP contribution in [0.25, 0.3) is 10.2 Å². The minimum atomic E-state index is -4.32. The summed E-state index contributed by atoms with van der Waals surface area (Å²) >= 11 is 1.72. The maximum Gasteiger partial charge on any atom is 0.416 e. The van der Waals surface area contributed by atoms with Crippen LogP contribution in [0.4, 0.5) is 13.2 Å². The predicted octanol–water partition coefficient (Wildman–Crippen LogP) is 5.81. The number of carbonyl (C=O) groups excluding carboxylic acids is 1. The number of aryl methyl sites for hydroxylation is 1. The van der Waals surface area contributed by atoms with Gasteiger partial charge >= 0.3 is 6.18 Å². The van der Waals surface area contributed by atoms with Crippen molar-refractivity contribution in [3.8, 4) is 0 Å². The molecule has 3 aromatic rings. The number of hydrogen-bond acceptors (Lipinski definition) is 4. The normalized spacial score (nSPS) is 15.7. The molecule has 0 unspecified atom stereocenters. The summed E-state index contributed by atoms with van der Waals surface area (Å²) in [4.78, 5) is 19.1. The zero-order valence-electron chi connectivity index (χ0n) is 18.4. The van der Waals surface area contributed by atoms with E-state index in [4.69, 9.17) is 0 Å². The maximum absolute atomic E-state index is 12.9. The number of piperidine rings is 1. The lowest BCUT2D eigenvalue weighted by atomic mass is 10.0. The molecular weight excluding hydrogens is 447 g/mol. The van der Waals surface area contributed by atoms with Crippen molar-refractivity contribution in [3.05, 3.63) is 64.7 Å². The van der Waals surface area contributed by atoms with Crippen molar-refractivity contribution in [2.75, 3.05) is 13.1 Å². The number of amides is 1. The molecule has 4 nitrogen and oxygen atoms in total. The van der Waals surface area contributed by atoms with Gasteiger partial charge in [0.05, 0.1) is 20.8 Å². The number of alkyl halides is 3. The summed E-state index contributed by atoms with van der Waals surface area (Å²) in [6.07, 6.45) is 0.475. The van der Waals surface area contributed by atoms with Crippen LogP contribution >= 0.6 is 11.3 Å². The lowest BCUT2D eigenvalue weighted by Crippen LogP contribution is -2.44. The van der Waals surface area contributed by atoms with Crippen LogP contribution in [0.2, 0.25) is 0 Å². The number of carbonyl (C=O) groups is 1. The van der Waals surface area contributed by atoms with Crippen molar-refractivity contribution in [3.63, 3.8) is 0 Å². The number of aromatic nitrogens is 1. The minimum Gasteiger partial charge on any atom is -0.353 e. The lowest BCUT2D eigenvalue weighted by Gasteiger charge is -2.32. The zero-order chi connectivity index (χ0) is 23.3. The Morgan fingerprint density at radius 3 is 2.64 bits per heavy atom. The van der Waals surface area contributed by atoms with Crippen LogP contribution in [0.5, 0.6) is 0 Å². The van der Waals surface area contributed by atoms with Crippen molar-refractivity contribution < 1.29 is 18.0 Å². The quantitative estimate of drug-likeness (QED) is 0.418. The number of hydrogen-bond donors (Lipinski definition) is 1. The molecular formula is C25H28F3N3OS. The van der Waals surface area contributed by atoms with Crippen molar-refractivity contribution in [1.82, 2.24) is 15.2 Å². The molecule has 1 saturated heterocycles. The molecule has 0 saturated carbocycles. The average molecular weight is 476 g/mol. The van der Waals surface area contributed by atoms with E-state index in [1.54, 1.807) is 17.4 Å². The number of fused-ring (bicyclic) bond motifs is 1. The van der Waals surface area contributed by atoms with Gasteiger partial charge in [-0.2, -0.15) is 13.2 Å². The smallest absolute Gasteiger partial charge is 0.353 e. The molecule has 2 aromatic carbocycles. The Labute approximate surface area is 195 Å². The van der Waals surface area contributed by atoms with E-state index in [-0.39, 0.29) is 11.9 Å². The molecule has 1 aromatic heterocycles. The molecule has 0 spiro atoms. The number of para-hydroxylation sites is 1. The third kappa shape index (κ3) is 6.77. The van der Waals surface area contributed by atoms with Gasteiger partial charge in [0.15, 0.2) is 0 Å². The molecule has 1 N–H and O–H groups in total. The Balaban J connectivity index is 1.14. The molecule has 4 rings (SSSR count). The summed E-state index contributed by atoms with van der Waals surface area (Å²) in [5.41, 5.74) is 1.10. The number of nitrogens with one attached hydrogen (secondary N) is 1. The topological polar surface area (TPSA) is 45.2 Å². The average Bonchev–Trinajstić information content (AvgIpc) is 3.21. The Kier molecular flexibility index (Phi) is 7.65. The third-order valence-electron chi connectivity index (χ3n) is 6.00. The second-order valence-electron chi connectivity index (χ2n) is 8.60. The summed E-state index contributed by atoms with van der Waals surface area (Å²) in [7, 11) is 0. The maximum atomic E-state index is 12.9. The minimum absolute atomic E-state index is 0.0793. The highest BCUT2D eigenvalue weighted by Crippen LogP contribution is 2.30. The van der Waals surface area contributed by atoms with Crippen molar-refractivity contribution in [2.24, 2.45) is 0 Å². The number of likely N-dealkylation sites (tertiary alicyclic amines) is 1. The zero-order valence-corrected chi connectivity index (χ0v) is 19.2. The van der Waals surface area contributed by atoms with Crippen LogP contribution < -0.4 is 5.32 Å². The van der Waals surface area contributed by atoms with E-state index in [9.17, 15) is 18.0 Å². The van der Waals surface area contributed by atoms with Crippen LogP contribution in [-0.2, 0) is 23.9 Å². The van der Waals surface area contributed by atoms with Crippen molar-refractivity contribution in [2.45, 2.75) is 57.3 Å². The van der Waals surface area contributed by atoms with E-state index in [0.29, 0.717) is 18.5 Å². The monoisotopic (exact) mass is 475 g/mol. The molecule has 176 valence electrons. The molecule has 33 heavy (non-hydrogen) atoms. The molecule has 0 radical (unpaired) electrons. The highest BCUT2D eigenvalue weighted by atomic mass is 32.1. The van der Waals surface area contributed by atoms with Gasteiger partial charge in [-0.05, 0) is 55.9 Å². The summed E-state index contributed by atoms with van der Waals surface area (Å²) in [6, 6.07) is 13.8. The SMILES string of the molecule is O=C(CCCCc1nc2ccccc2s1)NC1CCN(Cc2cccc(C(F)(F)F)c2)CC1. The second kappa shape index (κ2) is 10.7. The second-order valence-corrected chi connectivity index (χ2v) is 9.71. The van der Waals surface area contributed by atoms with Gasteiger partial charge in [-0.15, -0.1) is 11.3 Å². The van der Waals surface area contributed by atoms with Crippen LogP contribution in [0.15, 0.2) is 48.5 Å². The first-order valence-electron chi connectivity index (χ1n) is 11.4. The molecule has 1 fully saturated rings. The van der Waals surface area contributed by atoms with Gasteiger partial charge in [-0.25, -0.2) is 4.98 Å². The van der Waals surface area contributed by atoms with Crippen LogP contribution in [-0.4, -0.2) is 34.9 Å². The van der Waals surface area contributed by atoms with Crippen molar-refractivity contribution in [1.29, 1.82) is 0 Å². The van der Waals surface area contributed by atoms with Crippen LogP contribution in [0.1, 0.15) is 48.2 Å². The standard InChI is InChI=1S/C25H28F3N3OS/c26-25(27,28)19-7-5-6-18(16-19)17-31-14-12-20(13-15-31)29-23(32)10-3-4-11-24-30-21-8-1-2-9-22(21)33-24/h1-2,5-9,16,20H,3-4,10-15,17H2,(H,29,32). The molecule has 0 aliphatic carbocycles. The molecule has 8 heteroatoms. The molecule has 1 amide bonds. The Hall–Kier alpha value is -2.45. The molecule has 0 bridgehead atoms. The van der Waals surface area contributed by atoms with E-state index >= 15 is 0 Å². The van der Waals surface area contributed by atoms with E-state index in [0.717, 1.165) is 61.8 Å². The fourth-order valence-corrected chi connectivity index (χ4v) is 5.24. The number of unbranched alkanes of at least 4 members (excludes halogenated alkanes) is 1. The first-order chi connectivity index (χ1) is 15.9. The third-order valence-corrected chi connectivity index (χ3v) is 7.09. The number of thiazole rings is 1. The van der Waals surface area contributed by atoms with Gasteiger partial charge in [0.1, 0.15) is 0 Å². The van der Waals surface area contributed by atoms with Crippen molar-refractivity contribution >= 4 is 27.5 Å². The number of halogens is 3. The highest BCUT2D eigenvalue weighted by Gasteiger charge is 2.30.